The predicted molar refractivity (Wildman–Crippen MR) is 70.9 cm³/mol. The molecule has 0 radical (unpaired) electrons. The van der Waals surface area contributed by atoms with Crippen molar-refractivity contribution < 1.29 is 9.90 Å². The zero-order chi connectivity index (χ0) is 12.8. The van der Waals surface area contributed by atoms with Crippen LogP contribution < -0.4 is 0 Å². The minimum absolute atomic E-state index is 0.267. The van der Waals surface area contributed by atoms with Crippen molar-refractivity contribution in [2.24, 2.45) is 5.92 Å². The van der Waals surface area contributed by atoms with Crippen LogP contribution in [0.15, 0.2) is 29.8 Å². The number of hydrogen-bond acceptors (Lipinski definition) is 1. The molecule has 1 aromatic rings. The van der Waals surface area contributed by atoms with E-state index in [1.165, 1.54) is 5.56 Å². The summed E-state index contributed by atoms with van der Waals surface area (Å²) in [6.07, 6.45) is 3.36. The zero-order valence-corrected chi connectivity index (χ0v) is 10.7. The summed E-state index contributed by atoms with van der Waals surface area (Å²) >= 11 is 0. The Morgan fingerprint density at radius 2 is 1.94 bits per heavy atom. The highest BCUT2D eigenvalue weighted by atomic mass is 16.4. The third-order valence-electron chi connectivity index (χ3n) is 2.90. The monoisotopic (exact) mass is 232 g/mol. The summed E-state index contributed by atoms with van der Waals surface area (Å²) in [4.78, 5) is 10.9. The van der Waals surface area contributed by atoms with Crippen LogP contribution in [0.3, 0.4) is 0 Å². The van der Waals surface area contributed by atoms with Gasteiger partial charge in [-0.25, -0.2) is 0 Å². The Bertz CT molecular complexity index is 401. The van der Waals surface area contributed by atoms with Gasteiger partial charge in [0.05, 0.1) is 5.92 Å². The van der Waals surface area contributed by atoms with Crippen molar-refractivity contribution in [2.45, 2.75) is 33.6 Å². The first-order valence-electron chi connectivity index (χ1n) is 5.99. The fraction of sp³-hybridized carbons (Fsp3) is 0.400. The van der Waals surface area contributed by atoms with E-state index < -0.39 is 5.97 Å². The van der Waals surface area contributed by atoms with Crippen molar-refractivity contribution in [1.82, 2.24) is 0 Å². The van der Waals surface area contributed by atoms with E-state index in [2.05, 4.69) is 37.3 Å². The second kappa shape index (κ2) is 6.24. The first kappa shape index (κ1) is 13.5. The van der Waals surface area contributed by atoms with Gasteiger partial charge in [-0.05, 0) is 32.3 Å². The van der Waals surface area contributed by atoms with Crippen molar-refractivity contribution in [3.63, 3.8) is 0 Å². The molecule has 0 fully saturated rings. The third kappa shape index (κ3) is 4.43. The van der Waals surface area contributed by atoms with Crippen LogP contribution in [0.2, 0.25) is 0 Å². The van der Waals surface area contributed by atoms with Gasteiger partial charge in [0.25, 0.3) is 0 Å². The van der Waals surface area contributed by atoms with Crippen LogP contribution in [0.25, 0.3) is 6.08 Å². The number of carboxylic acids is 1. The van der Waals surface area contributed by atoms with Gasteiger partial charge in [-0.2, -0.15) is 0 Å². The minimum atomic E-state index is -0.704. The average molecular weight is 232 g/mol. The van der Waals surface area contributed by atoms with Crippen molar-refractivity contribution in [1.29, 1.82) is 0 Å². The van der Waals surface area contributed by atoms with Gasteiger partial charge in [-0.15, -0.1) is 0 Å². The Morgan fingerprint density at radius 1 is 1.35 bits per heavy atom. The summed E-state index contributed by atoms with van der Waals surface area (Å²) in [5.41, 5.74) is 3.48. The molecule has 0 aliphatic carbocycles. The van der Waals surface area contributed by atoms with Crippen LogP contribution in [0.1, 0.15) is 37.8 Å². The van der Waals surface area contributed by atoms with Gasteiger partial charge in [0, 0.05) is 0 Å². The van der Waals surface area contributed by atoms with Crippen LogP contribution in [0, 0.1) is 12.8 Å². The van der Waals surface area contributed by atoms with Gasteiger partial charge in [-0.1, -0.05) is 48.4 Å². The Balaban J connectivity index is 2.72. The quantitative estimate of drug-likeness (QED) is 0.836. The lowest BCUT2D eigenvalue weighted by Crippen LogP contribution is -2.12. The molecule has 0 bridgehead atoms. The fourth-order valence-corrected chi connectivity index (χ4v) is 1.80. The smallest absolute Gasteiger partial charge is 0.306 e. The second-order valence-corrected chi connectivity index (χ2v) is 4.55. The molecule has 0 heterocycles. The SMILES string of the molecule is CCC(CC(C)=Cc1ccc(C)cc1)C(=O)O. The van der Waals surface area contributed by atoms with Gasteiger partial charge in [0.15, 0.2) is 0 Å². The highest BCUT2D eigenvalue weighted by molar-refractivity contribution is 5.70. The molecule has 17 heavy (non-hydrogen) atoms. The number of benzene rings is 1. The molecule has 1 aromatic carbocycles. The Labute approximate surface area is 103 Å². The number of rotatable bonds is 5. The van der Waals surface area contributed by atoms with E-state index in [1.807, 2.05) is 13.8 Å². The molecular weight excluding hydrogens is 212 g/mol. The van der Waals surface area contributed by atoms with Crippen molar-refractivity contribution in [3.05, 3.63) is 41.0 Å². The van der Waals surface area contributed by atoms with E-state index in [0.29, 0.717) is 12.8 Å². The molecule has 0 amide bonds. The summed E-state index contributed by atoms with van der Waals surface area (Å²) in [7, 11) is 0. The molecule has 1 atom stereocenters. The lowest BCUT2D eigenvalue weighted by molar-refractivity contribution is -0.141. The predicted octanol–water partition coefficient (Wildman–Crippen LogP) is 3.90. The standard InChI is InChI=1S/C15H20O2/c1-4-14(15(16)17)10-12(3)9-13-7-5-11(2)6-8-13/h5-9,14H,4,10H2,1-3H3,(H,16,17). The van der Waals surface area contributed by atoms with Crippen LogP contribution in [-0.2, 0) is 4.79 Å². The summed E-state index contributed by atoms with van der Waals surface area (Å²) < 4.78 is 0. The number of aliphatic carboxylic acids is 1. The molecule has 2 nitrogen and oxygen atoms in total. The Hall–Kier alpha value is -1.57. The highest BCUT2D eigenvalue weighted by Gasteiger charge is 2.14. The highest BCUT2D eigenvalue weighted by Crippen LogP contribution is 2.18. The lowest BCUT2D eigenvalue weighted by Gasteiger charge is -2.09. The molecule has 1 unspecified atom stereocenters. The number of carbonyl (C=O) groups is 1. The van der Waals surface area contributed by atoms with Crippen LogP contribution >= 0.6 is 0 Å². The third-order valence-corrected chi connectivity index (χ3v) is 2.90. The topological polar surface area (TPSA) is 37.3 Å². The summed E-state index contributed by atoms with van der Waals surface area (Å²) in [6, 6.07) is 8.24. The van der Waals surface area contributed by atoms with Crippen LogP contribution in [-0.4, -0.2) is 11.1 Å². The molecule has 0 saturated heterocycles. The first-order valence-corrected chi connectivity index (χ1v) is 5.99. The molecule has 0 spiro atoms. The Morgan fingerprint density at radius 3 is 2.41 bits per heavy atom. The van der Waals surface area contributed by atoms with Crippen molar-refractivity contribution in [2.75, 3.05) is 0 Å². The van der Waals surface area contributed by atoms with Gasteiger partial charge >= 0.3 is 5.97 Å². The molecule has 0 saturated carbocycles. The zero-order valence-electron chi connectivity index (χ0n) is 10.7. The number of aryl methyl sites for hydroxylation is 1. The maximum Gasteiger partial charge on any atom is 0.306 e. The fourth-order valence-electron chi connectivity index (χ4n) is 1.80. The molecule has 0 aromatic heterocycles. The minimum Gasteiger partial charge on any atom is -0.481 e. The largest absolute Gasteiger partial charge is 0.481 e. The van der Waals surface area contributed by atoms with Crippen LogP contribution in [0.4, 0.5) is 0 Å². The molecule has 1 rings (SSSR count). The van der Waals surface area contributed by atoms with Gasteiger partial charge < -0.3 is 5.11 Å². The van der Waals surface area contributed by atoms with Gasteiger partial charge in [-0.3, -0.25) is 4.79 Å². The maximum atomic E-state index is 10.9. The van der Waals surface area contributed by atoms with Crippen molar-refractivity contribution in [3.8, 4) is 0 Å². The van der Waals surface area contributed by atoms with Gasteiger partial charge in [0.1, 0.15) is 0 Å². The normalized spacial score (nSPS) is 13.5. The van der Waals surface area contributed by atoms with E-state index in [0.717, 1.165) is 11.1 Å². The van der Waals surface area contributed by atoms with E-state index in [-0.39, 0.29) is 5.92 Å². The summed E-state index contributed by atoms with van der Waals surface area (Å²) in [6.45, 7) is 5.96. The molecule has 92 valence electrons. The molecular formula is C15H20O2. The summed E-state index contributed by atoms with van der Waals surface area (Å²) in [5.74, 6) is -0.971. The van der Waals surface area contributed by atoms with E-state index >= 15 is 0 Å². The second-order valence-electron chi connectivity index (χ2n) is 4.55. The van der Waals surface area contributed by atoms with Crippen molar-refractivity contribution >= 4 is 12.0 Å². The number of hydrogen-bond donors (Lipinski definition) is 1. The number of allylic oxidation sites excluding steroid dienone is 1. The maximum absolute atomic E-state index is 10.9. The first-order chi connectivity index (χ1) is 8.02. The lowest BCUT2D eigenvalue weighted by atomic mass is 9.96. The van der Waals surface area contributed by atoms with E-state index in [9.17, 15) is 4.79 Å². The van der Waals surface area contributed by atoms with Crippen LogP contribution in [0.5, 0.6) is 0 Å². The van der Waals surface area contributed by atoms with E-state index in [1.54, 1.807) is 0 Å². The number of carboxylic acid groups (broad SMARTS) is 1. The molecule has 0 aliphatic rings. The molecule has 2 heteroatoms. The molecule has 0 aliphatic heterocycles. The summed E-state index contributed by atoms with van der Waals surface area (Å²) in [5, 5.41) is 9.00. The Kier molecular flexibility index (Phi) is 4.95. The van der Waals surface area contributed by atoms with E-state index in [4.69, 9.17) is 5.11 Å². The average Bonchev–Trinajstić information content (AvgIpc) is 2.28. The molecule has 1 N–H and O–H groups in total. The van der Waals surface area contributed by atoms with Gasteiger partial charge in [0.2, 0.25) is 0 Å².